The molecule has 0 spiro atoms. The van der Waals surface area contributed by atoms with Crippen molar-refractivity contribution in [2.45, 2.75) is 12.8 Å². The molecule has 19 heavy (non-hydrogen) atoms. The lowest BCUT2D eigenvalue weighted by molar-refractivity contribution is -0.141. The molecule has 0 aliphatic rings. The molecule has 0 radical (unpaired) electrons. The van der Waals surface area contributed by atoms with Crippen LogP contribution in [-0.2, 0) is 14.3 Å². The number of aromatic nitrogens is 1. The summed E-state index contributed by atoms with van der Waals surface area (Å²) in [6.45, 7) is 0. The molecule has 1 heterocycles. The van der Waals surface area contributed by atoms with Gasteiger partial charge in [0.05, 0.1) is 26.2 Å². The maximum Gasteiger partial charge on any atom is 0.306 e. The lowest BCUT2D eigenvalue weighted by Crippen LogP contribution is -2.15. The summed E-state index contributed by atoms with van der Waals surface area (Å²) < 4.78 is 9.45. The van der Waals surface area contributed by atoms with E-state index in [1.165, 1.54) is 26.5 Å². The van der Waals surface area contributed by atoms with Crippen LogP contribution in [0.25, 0.3) is 0 Å². The predicted molar refractivity (Wildman–Crippen MR) is 65.4 cm³/mol. The van der Waals surface area contributed by atoms with Crippen molar-refractivity contribution in [3.05, 3.63) is 17.8 Å². The lowest BCUT2D eigenvalue weighted by atomic mass is 10.2. The number of rotatable bonds is 5. The van der Waals surface area contributed by atoms with Crippen molar-refractivity contribution >= 4 is 17.7 Å². The van der Waals surface area contributed by atoms with Gasteiger partial charge in [-0.25, -0.2) is 4.98 Å². The van der Waals surface area contributed by atoms with Crippen LogP contribution in [0.4, 0.5) is 5.82 Å². The van der Waals surface area contributed by atoms with Crippen molar-refractivity contribution in [3.8, 4) is 11.8 Å². The zero-order chi connectivity index (χ0) is 14.3. The van der Waals surface area contributed by atoms with Crippen LogP contribution in [0.2, 0.25) is 0 Å². The fourth-order valence-corrected chi connectivity index (χ4v) is 1.27. The molecule has 1 N–H and O–H groups in total. The second kappa shape index (κ2) is 6.96. The van der Waals surface area contributed by atoms with Crippen molar-refractivity contribution in [2.75, 3.05) is 19.5 Å². The summed E-state index contributed by atoms with van der Waals surface area (Å²) in [5.41, 5.74) is 0.324. The third-order valence-corrected chi connectivity index (χ3v) is 2.24. The van der Waals surface area contributed by atoms with Crippen molar-refractivity contribution in [2.24, 2.45) is 0 Å². The number of nitrogens with one attached hydrogen (secondary N) is 1. The van der Waals surface area contributed by atoms with Gasteiger partial charge in [0, 0.05) is 18.7 Å². The zero-order valence-electron chi connectivity index (χ0n) is 10.6. The average Bonchev–Trinajstić information content (AvgIpc) is 2.45. The number of carbonyl (C=O) groups excluding carboxylic acids is 2. The maximum atomic E-state index is 11.6. The van der Waals surface area contributed by atoms with Gasteiger partial charge in [0.25, 0.3) is 0 Å². The molecule has 7 heteroatoms. The predicted octanol–water partition coefficient (Wildman–Crippen LogP) is 0.854. The summed E-state index contributed by atoms with van der Waals surface area (Å²) in [7, 11) is 2.66. The molecule has 1 rings (SSSR count). The summed E-state index contributed by atoms with van der Waals surface area (Å²) in [5, 5.41) is 11.2. The molecule has 1 amide bonds. The highest BCUT2D eigenvalue weighted by Crippen LogP contribution is 2.22. The van der Waals surface area contributed by atoms with Gasteiger partial charge >= 0.3 is 5.97 Å². The number of amides is 1. The topological polar surface area (TPSA) is 101 Å². The zero-order valence-corrected chi connectivity index (χ0v) is 10.6. The van der Waals surface area contributed by atoms with Gasteiger partial charge in [-0.2, -0.15) is 5.26 Å². The molecule has 0 fully saturated rings. The second-order valence-electron chi connectivity index (χ2n) is 3.51. The Morgan fingerprint density at radius 1 is 1.42 bits per heavy atom. The normalized spacial score (nSPS) is 9.32. The molecule has 0 atom stereocenters. The smallest absolute Gasteiger partial charge is 0.306 e. The average molecular weight is 263 g/mol. The minimum atomic E-state index is -0.463. The van der Waals surface area contributed by atoms with Crippen LogP contribution >= 0.6 is 0 Å². The van der Waals surface area contributed by atoms with Crippen LogP contribution in [0.3, 0.4) is 0 Å². The third kappa shape index (κ3) is 4.27. The Morgan fingerprint density at radius 3 is 2.74 bits per heavy atom. The van der Waals surface area contributed by atoms with Crippen molar-refractivity contribution in [3.63, 3.8) is 0 Å². The first-order valence-electron chi connectivity index (χ1n) is 5.41. The summed E-state index contributed by atoms with van der Waals surface area (Å²) in [5.74, 6) is -0.363. The SMILES string of the molecule is COC(=O)CCC(=O)Nc1ncc(C#N)cc1OC. The summed E-state index contributed by atoms with van der Waals surface area (Å²) in [4.78, 5) is 26.4. The largest absolute Gasteiger partial charge is 0.493 e. The first-order valence-corrected chi connectivity index (χ1v) is 5.41. The standard InChI is InChI=1S/C12H13N3O4/c1-18-9-5-8(6-13)7-14-12(9)15-10(16)3-4-11(17)19-2/h5,7H,3-4H2,1-2H3,(H,14,15,16). The summed E-state index contributed by atoms with van der Waals surface area (Å²) >= 11 is 0. The first kappa shape index (κ1) is 14.4. The van der Waals surface area contributed by atoms with Crippen molar-refractivity contribution in [1.29, 1.82) is 5.26 Å². The van der Waals surface area contributed by atoms with E-state index in [4.69, 9.17) is 10.00 Å². The van der Waals surface area contributed by atoms with Crippen molar-refractivity contribution < 1.29 is 19.1 Å². The molecule has 0 unspecified atom stereocenters. The molecular formula is C12H13N3O4. The third-order valence-electron chi connectivity index (χ3n) is 2.24. The van der Waals surface area contributed by atoms with Crippen LogP contribution in [0.15, 0.2) is 12.3 Å². The Hall–Kier alpha value is -2.62. The summed E-state index contributed by atoms with van der Waals surface area (Å²) in [6.07, 6.45) is 1.29. The number of carbonyl (C=O) groups is 2. The highest BCUT2D eigenvalue weighted by Gasteiger charge is 2.11. The molecular weight excluding hydrogens is 250 g/mol. The van der Waals surface area contributed by atoms with Crippen molar-refractivity contribution in [1.82, 2.24) is 4.98 Å². The first-order chi connectivity index (χ1) is 9.10. The second-order valence-corrected chi connectivity index (χ2v) is 3.51. The fraction of sp³-hybridized carbons (Fsp3) is 0.333. The van der Waals surface area contributed by atoms with E-state index in [1.807, 2.05) is 6.07 Å². The maximum absolute atomic E-state index is 11.6. The molecule has 0 aliphatic heterocycles. The monoisotopic (exact) mass is 263 g/mol. The van der Waals surface area contributed by atoms with Crippen LogP contribution in [-0.4, -0.2) is 31.1 Å². The summed E-state index contributed by atoms with van der Waals surface area (Å²) in [6, 6.07) is 3.37. The molecule has 0 saturated carbocycles. The van der Waals surface area contributed by atoms with Gasteiger partial charge in [-0.1, -0.05) is 0 Å². The van der Waals surface area contributed by atoms with Gasteiger partial charge in [0.2, 0.25) is 5.91 Å². The number of nitrogens with zero attached hydrogens (tertiary/aromatic N) is 2. The highest BCUT2D eigenvalue weighted by molar-refractivity contribution is 5.92. The highest BCUT2D eigenvalue weighted by atomic mass is 16.5. The van der Waals surface area contributed by atoms with Gasteiger partial charge in [-0.3, -0.25) is 9.59 Å². The number of hydrogen-bond donors (Lipinski definition) is 1. The van der Waals surface area contributed by atoms with Gasteiger partial charge in [0.1, 0.15) is 6.07 Å². The van der Waals surface area contributed by atoms with Crippen LogP contribution in [0, 0.1) is 11.3 Å². The molecule has 7 nitrogen and oxygen atoms in total. The van der Waals surface area contributed by atoms with E-state index in [9.17, 15) is 9.59 Å². The number of hydrogen-bond acceptors (Lipinski definition) is 6. The van der Waals surface area contributed by atoms with E-state index >= 15 is 0 Å². The molecule has 0 aliphatic carbocycles. The lowest BCUT2D eigenvalue weighted by Gasteiger charge is -2.08. The van der Waals surface area contributed by atoms with Crippen LogP contribution < -0.4 is 10.1 Å². The van der Waals surface area contributed by atoms with Crippen LogP contribution in [0.5, 0.6) is 5.75 Å². The molecule has 100 valence electrons. The van der Waals surface area contributed by atoms with E-state index in [0.717, 1.165) is 0 Å². The molecule has 0 bridgehead atoms. The molecule has 0 saturated heterocycles. The van der Waals surface area contributed by atoms with Gasteiger partial charge in [-0.15, -0.1) is 0 Å². The number of anilines is 1. The number of nitriles is 1. The Balaban J connectivity index is 2.69. The Bertz CT molecular complexity index is 522. The van der Waals surface area contributed by atoms with E-state index < -0.39 is 5.97 Å². The van der Waals surface area contributed by atoms with E-state index in [2.05, 4.69) is 15.0 Å². The molecule has 0 aromatic carbocycles. The van der Waals surface area contributed by atoms with E-state index in [0.29, 0.717) is 5.56 Å². The number of pyridine rings is 1. The van der Waals surface area contributed by atoms with Crippen LogP contribution in [0.1, 0.15) is 18.4 Å². The van der Waals surface area contributed by atoms with E-state index in [1.54, 1.807) is 0 Å². The fourth-order valence-electron chi connectivity index (χ4n) is 1.27. The Labute approximate surface area is 110 Å². The number of methoxy groups -OCH3 is 2. The molecule has 1 aromatic rings. The minimum absolute atomic E-state index is 0.0130. The van der Waals surface area contributed by atoms with E-state index in [-0.39, 0.29) is 30.3 Å². The molecule has 1 aromatic heterocycles. The quantitative estimate of drug-likeness (QED) is 0.790. The Morgan fingerprint density at radius 2 is 2.16 bits per heavy atom. The number of esters is 1. The Kier molecular flexibility index (Phi) is 5.29. The minimum Gasteiger partial charge on any atom is -0.493 e. The van der Waals surface area contributed by atoms with Gasteiger partial charge in [0.15, 0.2) is 11.6 Å². The number of ether oxygens (including phenoxy) is 2. The van der Waals surface area contributed by atoms with Gasteiger partial charge in [-0.05, 0) is 0 Å². The van der Waals surface area contributed by atoms with Gasteiger partial charge < -0.3 is 14.8 Å².